The molecule has 1 aliphatic heterocycles. The van der Waals surface area contributed by atoms with E-state index in [4.69, 9.17) is 0 Å². The van der Waals surface area contributed by atoms with Gasteiger partial charge in [-0.3, -0.25) is 9.59 Å². The molecule has 6 nitrogen and oxygen atoms in total. The summed E-state index contributed by atoms with van der Waals surface area (Å²) in [6.07, 6.45) is 2.34. The lowest BCUT2D eigenvalue weighted by molar-refractivity contribution is -0.102. The maximum absolute atomic E-state index is 11.9. The van der Waals surface area contributed by atoms with E-state index in [0.717, 1.165) is 12.8 Å². The van der Waals surface area contributed by atoms with Crippen LogP contribution in [0.15, 0.2) is 9.79 Å². The number of H-pyrrole nitrogens is 1. The Balaban J connectivity index is 2.35. The van der Waals surface area contributed by atoms with Gasteiger partial charge in [-0.1, -0.05) is 13.8 Å². The first-order chi connectivity index (χ1) is 9.01. The molecule has 0 spiro atoms. The number of aromatic nitrogens is 2. The van der Waals surface area contributed by atoms with Crippen molar-refractivity contribution in [2.75, 3.05) is 5.32 Å². The molecule has 2 rings (SSSR count). The average molecular weight is 262 g/mol. The van der Waals surface area contributed by atoms with Crippen LogP contribution in [0.4, 0.5) is 11.5 Å². The summed E-state index contributed by atoms with van der Waals surface area (Å²) in [6, 6.07) is -0.225. The highest BCUT2D eigenvalue weighted by Gasteiger charge is 2.22. The van der Waals surface area contributed by atoms with Gasteiger partial charge in [0, 0.05) is 6.42 Å². The number of carbonyl (C=O) groups is 1. The second-order valence-electron chi connectivity index (χ2n) is 5.16. The minimum Gasteiger partial charge on any atom is -0.360 e. The Labute approximate surface area is 111 Å². The van der Waals surface area contributed by atoms with Gasteiger partial charge in [0.1, 0.15) is 11.5 Å². The van der Waals surface area contributed by atoms with E-state index in [1.54, 1.807) is 0 Å². The Kier molecular flexibility index (Phi) is 3.78. The molecule has 0 amide bonds. The number of fused-ring (bicyclic) bond motifs is 1. The number of carbonyl (C=O) groups excluding carboxylic acids is 1. The van der Waals surface area contributed by atoms with E-state index >= 15 is 0 Å². The molecule has 1 aromatic heterocycles. The molecular formula is C13H18N4O2. The third-order valence-electron chi connectivity index (χ3n) is 3.06. The molecule has 6 heteroatoms. The van der Waals surface area contributed by atoms with E-state index in [1.807, 2.05) is 6.92 Å². The van der Waals surface area contributed by atoms with Crippen LogP contribution in [0.3, 0.4) is 0 Å². The van der Waals surface area contributed by atoms with Gasteiger partial charge in [-0.05, 0) is 19.3 Å². The van der Waals surface area contributed by atoms with Gasteiger partial charge in [0.2, 0.25) is 0 Å². The van der Waals surface area contributed by atoms with Gasteiger partial charge in [-0.25, -0.2) is 9.98 Å². The van der Waals surface area contributed by atoms with Crippen molar-refractivity contribution in [2.24, 2.45) is 10.9 Å². The predicted molar refractivity (Wildman–Crippen MR) is 74.3 cm³/mol. The quantitative estimate of drug-likeness (QED) is 0.804. The number of nitrogens with zero attached hydrogens (tertiary/aromatic N) is 2. The fourth-order valence-corrected chi connectivity index (χ4v) is 1.90. The van der Waals surface area contributed by atoms with Crippen molar-refractivity contribution >= 4 is 23.5 Å². The predicted octanol–water partition coefficient (Wildman–Crippen LogP) is 1.44. The smallest absolute Gasteiger partial charge is 0.279 e. The molecule has 102 valence electrons. The molecule has 19 heavy (non-hydrogen) atoms. The number of aldehydes is 1. The Morgan fingerprint density at radius 2 is 2.16 bits per heavy atom. The summed E-state index contributed by atoms with van der Waals surface area (Å²) >= 11 is 0. The van der Waals surface area contributed by atoms with Crippen LogP contribution >= 0.6 is 0 Å². The normalized spacial score (nSPS) is 17.7. The van der Waals surface area contributed by atoms with E-state index in [9.17, 15) is 9.59 Å². The molecule has 1 atom stereocenters. The van der Waals surface area contributed by atoms with Gasteiger partial charge in [-0.2, -0.15) is 0 Å². The van der Waals surface area contributed by atoms with Gasteiger partial charge in [-0.15, -0.1) is 0 Å². The van der Waals surface area contributed by atoms with E-state index in [1.165, 1.54) is 0 Å². The largest absolute Gasteiger partial charge is 0.360 e. The van der Waals surface area contributed by atoms with E-state index < -0.39 is 0 Å². The first kappa shape index (κ1) is 13.5. The van der Waals surface area contributed by atoms with Crippen LogP contribution in [-0.2, 0) is 11.2 Å². The second kappa shape index (κ2) is 5.34. The van der Waals surface area contributed by atoms with Crippen LogP contribution in [0.5, 0.6) is 0 Å². The SMILES string of the molecule is CC(C)CCc1nc2c(c(=O)[nH]1)N=C(C=O)C(C)N2. The third-order valence-corrected chi connectivity index (χ3v) is 3.06. The lowest BCUT2D eigenvalue weighted by atomic mass is 10.1. The highest BCUT2D eigenvalue weighted by atomic mass is 16.1. The molecule has 2 N–H and O–H groups in total. The fraction of sp³-hybridized carbons (Fsp3) is 0.538. The third kappa shape index (κ3) is 2.89. The standard InChI is InChI=1S/C13H18N4O2/c1-7(2)4-5-10-16-12-11(13(19)17-10)15-9(6-18)8(3)14-12/h6-8H,4-5H2,1-3H3,(H2,14,16,17,19). The van der Waals surface area contributed by atoms with Crippen LogP contribution in [0.25, 0.3) is 0 Å². The van der Waals surface area contributed by atoms with Crippen LogP contribution in [-0.4, -0.2) is 28.0 Å². The zero-order chi connectivity index (χ0) is 14.0. The topological polar surface area (TPSA) is 87.2 Å². The van der Waals surface area contributed by atoms with E-state index in [0.29, 0.717) is 29.6 Å². The maximum atomic E-state index is 11.9. The molecule has 0 aliphatic carbocycles. The van der Waals surface area contributed by atoms with Crippen LogP contribution in [0, 0.1) is 5.92 Å². The number of aromatic amines is 1. The zero-order valence-electron chi connectivity index (χ0n) is 11.4. The molecule has 0 fully saturated rings. The van der Waals surface area contributed by atoms with Crippen molar-refractivity contribution in [3.63, 3.8) is 0 Å². The summed E-state index contributed by atoms with van der Waals surface area (Å²) < 4.78 is 0. The number of anilines is 1. The molecule has 1 unspecified atom stereocenters. The number of hydrogen-bond acceptors (Lipinski definition) is 5. The highest BCUT2D eigenvalue weighted by molar-refractivity contribution is 6.32. The number of nitrogens with one attached hydrogen (secondary N) is 2. The summed E-state index contributed by atoms with van der Waals surface area (Å²) in [5.74, 6) is 1.66. The fourth-order valence-electron chi connectivity index (χ4n) is 1.90. The molecule has 0 aromatic carbocycles. The minimum absolute atomic E-state index is 0.188. The Bertz CT molecular complexity index is 574. The molecule has 1 aliphatic rings. The first-order valence-corrected chi connectivity index (χ1v) is 6.44. The number of rotatable bonds is 4. The first-order valence-electron chi connectivity index (χ1n) is 6.44. The summed E-state index contributed by atoms with van der Waals surface area (Å²) in [7, 11) is 0. The lowest BCUT2D eigenvalue weighted by Crippen LogP contribution is -2.32. The monoisotopic (exact) mass is 262 g/mol. The molecule has 2 heterocycles. The van der Waals surface area contributed by atoms with Crippen molar-refractivity contribution in [2.45, 2.75) is 39.7 Å². The number of hydrogen-bond donors (Lipinski definition) is 2. The average Bonchev–Trinajstić information content (AvgIpc) is 2.35. The van der Waals surface area contributed by atoms with Crippen LogP contribution in [0.1, 0.15) is 33.0 Å². The molecule has 0 radical (unpaired) electrons. The number of aryl methyl sites for hydroxylation is 1. The second-order valence-corrected chi connectivity index (χ2v) is 5.16. The molecular weight excluding hydrogens is 244 g/mol. The summed E-state index contributed by atoms with van der Waals surface area (Å²) in [6.45, 7) is 6.06. The van der Waals surface area contributed by atoms with Crippen molar-refractivity contribution < 1.29 is 4.79 Å². The summed E-state index contributed by atoms with van der Waals surface area (Å²) in [5, 5.41) is 3.04. The minimum atomic E-state index is -0.303. The summed E-state index contributed by atoms with van der Waals surface area (Å²) in [5.41, 5.74) is 0.200. The molecule has 1 aromatic rings. The number of aliphatic imine (C=N–C) groups is 1. The molecule has 0 saturated carbocycles. The van der Waals surface area contributed by atoms with Gasteiger partial charge >= 0.3 is 0 Å². The van der Waals surface area contributed by atoms with E-state index in [-0.39, 0.29) is 17.3 Å². The maximum Gasteiger partial charge on any atom is 0.279 e. The Morgan fingerprint density at radius 1 is 1.42 bits per heavy atom. The van der Waals surface area contributed by atoms with Gasteiger partial charge in [0.25, 0.3) is 5.56 Å². The van der Waals surface area contributed by atoms with Gasteiger partial charge in [0.05, 0.1) is 6.04 Å². The Hall–Kier alpha value is -1.98. The van der Waals surface area contributed by atoms with Crippen molar-refractivity contribution in [3.8, 4) is 0 Å². The lowest BCUT2D eigenvalue weighted by Gasteiger charge is -2.20. The summed E-state index contributed by atoms with van der Waals surface area (Å²) in [4.78, 5) is 33.9. The van der Waals surface area contributed by atoms with E-state index in [2.05, 4.69) is 34.1 Å². The highest BCUT2D eigenvalue weighted by Crippen LogP contribution is 2.23. The van der Waals surface area contributed by atoms with Crippen LogP contribution in [0.2, 0.25) is 0 Å². The van der Waals surface area contributed by atoms with Crippen molar-refractivity contribution in [1.29, 1.82) is 0 Å². The molecule has 0 saturated heterocycles. The zero-order valence-corrected chi connectivity index (χ0v) is 11.4. The van der Waals surface area contributed by atoms with Gasteiger partial charge in [0.15, 0.2) is 17.8 Å². The van der Waals surface area contributed by atoms with Crippen molar-refractivity contribution in [1.82, 2.24) is 9.97 Å². The molecule has 0 bridgehead atoms. The van der Waals surface area contributed by atoms with Crippen molar-refractivity contribution in [3.05, 3.63) is 16.2 Å². The Morgan fingerprint density at radius 3 is 2.79 bits per heavy atom. The van der Waals surface area contributed by atoms with Gasteiger partial charge < -0.3 is 10.3 Å². The van der Waals surface area contributed by atoms with Crippen LogP contribution < -0.4 is 10.9 Å².